The zero-order valence-corrected chi connectivity index (χ0v) is 12.6. The molecule has 0 aliphatic carbocycles. The Morgan fingerprint density at radius 2 is 2.08 bits per heavy atom. The number of nitrogens with zero attached hydrogens (tertiary/aromatic N) is 2. The summed E-state index contributed by atoms with van der Waals surface area (Å²) in [6.45, 7) is 0.116. The number of nitro benzene ring substituents is 1. The van der Waals surface area contributed by atoms with Gasteiger partial charge in [0, 0.05) is 12.1 Å². The second-order valence-corrected chi connectivity index (χ2v) is 5.06. The zero-order valence-electron chi connectivity index (χ0n) is 12.6. The molecule has 24 heavy (non-hydrogen) atoms. The number of hydrogen-bond acceptors (Lipinski definition) is 6. The Kier molecular flexibility index (Phi) is 3.87. The SMILES string of the molecule is COC(=O)c1ccc2c(c1)oc(=O)n2Cc1cccc([N+](=O)[O-])c1. The van der Waals surface area contributed by atoms with Gasteiger partial charge in [0.2, 0.25) is 0 Å². The molecule has 8 nitrogen and oxygen atoms in total. The first kappa shape index (κ1) is 15.5. The second kappa shape index (κ2) is 5.99. The van der Waals surface area contributed by atoms with E-state index in [0.29, 0.717) is 11.1 Å². The molecule has 3 aromatic rings. The summed E-state index contributed by atoms with van der Waals surface area (Å²) >= 11 is 0. The highest BCUT2D eigenvalue weighted by atomic mass is 16.6. The molecule has 8 heteroatoms. The maximum absolute atomic E-state index is 12.1. The van der Waals surface area contributed by atoms with Gasteiger partial charge in [-0.25, -0.2) is 9.59 Å². The molecule has 0 saturated heterocycles. The number of ether oxygens (including phenoxy) is 1. The summed E-state index contributed by atoms with van der Waals surface area (Å²) in [6, 6.07) is 10.5. The number of esters is 1. The van der Waals surface area contributed by atoms with Crippen molar-refractivity contribution in [3.05, 3.63) is 74.3 Å². The standard InChI is InChI=1S/C16H12N2O6/c1-23-15(19)11-5-6-13-14(8-11)24-16(20)17(13)9-10-3-2-4-12(7-10)18(21)22/h2-8H,9H2,1H3. The van der Waals surface area contributed by atoms with Crippen LogP contribution in [0.1, 0.15) is 15.9 Å². The first-order valence-electron chi connectivity index (χ1n) is 6.94. The fourth-order valence-electron chi connectivity index (χ4n) is 2.41. The predicted octanol–water partition coefficient (Wildman–Crippen LogP) is 2.34. The van der Waals surface area contributed by atoms with Gasteiger partial charge in [-0.1, -0.05) is 12.1 Å². The number of fused-ring (bicyclic) bond motifs is 1. The van der Waals surface area contributed by atoms with Crippen LogP contribution in [0.4, 0.5) is 5.69 Å². The normalized spacial score (nSPS) is 10.7. The Balaban J connectivity index is 2.02. The van der Waals surface area contributed by atoms with E-state index in [1.165, 1.54) is 35.9 Å². The monoisotopic (exact) mass is 328 g/mol. The lowest BCUT2D eigenvalue weighted by atomic mass is 10.2. The van der Waals surface area contributed by atoms with E-state index in [4.69, 9.17) is 4.42 Å². The Morgan fingerprint density at radius 1 is 1.29 bits per heavy atom. The molecule has 1 heterocycles. The van der Waals surface area contributed by atoms with Crippen molar-refractivity contribution in [2.45, 2.75) is 6.54 Å². The van der Waals surface area contributed by atoms with Crippen LogP contribution in [0.15, 0.2) is 51.7 Å². The number of aromatic nitrogens is 1. The van der Waals surface area contributed by atoms with E-state index in [0.717, 1.165) is 0 Å². The maximum atomic E-state index is 12.1. The Morgan fingerprint density at radius 3 is 2.79 bits per heavy atom. The highest BCUT2D eigenvalue weighted by molar-refractivity contribution is 5.93. The molecule has 0 bridgehead atoms. The van der Waals surface area contributed by atoms with Gasteiger partial charge in [0.1, 0.15) is 0 Å². The lowest BCUT2D eigenvalue weighted by Gasteiger charge is -2.03. The largest absolute Gasteiger partial charge is 0.465 e. The number of carbonyl (C=O) groups is 1. The van der Waals surface area contributed by atoms with E-state index in [1.807, 2.05) is 0 Å². The van der Waals surface area contributed by atoms with Crippen LogP contribution in [0, 0.1) is 10.1 Å². The van der Waals surface area contributed by atoms with Crippen LogP contribution < -0.4 is 5.76 Å². The van der Waals surface area contributed by atoms with Crippen LogP contribution in [-0.4, -0.2) is 22.6 Å². The van der Waals surface area contributed by atoms with Gasteiger partial charge >= 0.3 is 11.7 Å². The molecule has 0 spiro atoms. The van der Waals surface area contributed by atoms with Crippen LogP contribution in [-0.2, 0) is 11.3 Å². The van der Waals surface area contributed by atoms with Crippen molar-refractivity contribution < 1.29 is 18.9 Å². The smallest absolute Gasteiger partial charge is 0.420 e. The van der Waals surface area contributed by atoms with E-state index in [1.54, 1.807) is 18.2 Å². The van der Waals surface area contributed by atoms with Crippen molar-refractivity contribution >= 4 is 22.8 Å². The molecule has 122 valence electrons. The number of nitro groups is 1. The molecule has 0 atom stereocenters. The molecule has 0 saturated carbocycles. The molecule has 0 aliphatic heterocycles. The number of oxazole rings is 1. The summed E-state index contributed by atoms with van der Waals surface area (Å²) < 4.78 is 11.1. The van der Waals surface area contributed by atoms with E-state index < -0.39 is 16.6 Å². The molecule has 0 fully saturated rings. The van der Waals surface area contributed by atoms with Crippen LogP contribution in [0.5, 0.6) is 0 Å². The summed E-state index contributed by atoms with van der Waals surface area (Å²) in [6.07, 6.45) is 0. The molecule has 1 aromatic heterocycles. The van der Waals surface area contributed by atoms with Crippen LogP contribution >= 0.6 is 0 Å². The van der Waals surface area contributed by atoms with Gasteiger partial charge in [0.15, 0.2) is 5.58 Å². The van der Waals surface area contributed by atoms with Gasteiger partial charge in [-0.05, 0) is 23.8 Å². The summed E-state index contributed by atoms with van der Waals surface area (Å²) in [5.74, 6) is -1.15. The highest BCUT2D eigenvalue weighted by Gasteiger charge is 2.14. The third-order valence-corrected chi connectivity index (χ3v) is 3.55. The third-order valence-electron chi connectivity index (χ3n) is 3.55. The predicted molar refractivity (Wildman–Crippen MR) is 84.0 cm³/mol. The van der Waals surface area contributed by atoms with Crippen molar-refractivity contribution in [2.75, 3.05) is 7.11 Å². The van der Waals surface area contributed by atoms with E-state index in [9.17, 15) is 19.7 Å². The average Bonchev–Trinajstić information content (AvgIpc) is 2.89. The van der Waals surface area contributed by atoms with Crippen LogP contribution in [0.2, 0.25) is 0 Å². The lowest BCUT2D eigenvalue weighted by Crippen LogP contribution is -2.14. The van der Waals surface area contributed by atoms with Gasteiger partial charge in [-0.3, -0.25) is 14.7 Å². The number of methoxy groups -OCH3 is 1. The summed E-state index contributed by atoms with van der Waals surface area (Å²) in [7, 11) is 1.26. The van der Waals surface area contributed by atoms with Gasteiger partial charge in [0.25, 0.3) is 5.69 Å². The zero-order chi connectivity index (χ0) is 17.3. The minimum Gasteiger partial charge on any atom is -0.465 e. The number of carbonyl (C=O) groups excluding carboxylic acids is 1. The van der Waals surface area contributed by atoms with Gasteiger partial charge < -0.3 is 9.15 Å². The first-order chi connectivity index (χ1) is 11.5. The first-order valence-corrected chi connectivity index (χ1v) is 6.94. The number of benzene rings is 2. The summed E-state index contributed by atoms with van der Waals surface area (Å²) in [4.78, 5) is 33.9. The minimum atomic E-state index is -0.612. The van der Waals surface area contributed by atoms with Crippen molar-refractivity contribution in [1.82, 2.24) is 4.57 Å². The van der Waals surface area contributed by atoms with Gasteiger partial charge in [0.05, 0.1) is 29.7 Å². The fraction of sp³-hybridized carbons (Fsp3) is 0.125. The molecule has 3 rings (SSSR count). The molecular weight excluding hydrogens is 316 g/mol. The molecule has 0 aliphatic rings. The van der Waals surface area contributed by atoms with E-state index in [-0.39, 0.29) is 23.4 Å². The number of hydrogen-bond donors (Lipinski definition) is 0. The Labute approximate surface area is 135 Å². The van der Waals surface area contributed by atoms with Crippen LogP contribution in [0.3, 0.4) is 0 Å². The highest BCUT2D eigenvalue weighted by Crippen LogP contribution is 2.19. The average molecular weight is 328 g/mol. The summed E-state index contributed by atoms with van der Waals surface area (Å²) in [5, 5.41) is 10.8. The molecular formula is C16H12N2O6. The maximum Gasteiger partial charge on any atom is 0.420 e. The quantitative estimate of drug-likeness (QED) is 0.413. The Bertz CT molecular complexity index is 1000. The van der Waals surface area contributed by atoms with Crippen molar-refractivity contribution in [1.29, 1.82) is 0 Å². The molecule has 0 radical (unpaired) electrons. The minimum absolute atomic E-state index is 0.0543. The summed E-state index contributed by atoms with van der Waals surface area (Å²) in [5.41, 5.74) is 1.53. The number of non-ortho nitro benzene ring substituents is 1. The molecule has 0 amide bonds. The third kappa shape index (κ3) is 2.76. The van der Waals surface area contributed by atoms with Crippen molar-refractivity contribution in [2.24, 2.45) is 0 Å². The van der Waals surface area contributed by atoms with E-state index in [2.05, 4.69) is 4.74 Å². The van der Waals surface area contributed by atoms with Gasteiger partial charge in [-0.2, -0.15) is 0 Å². The van der Waals surface area contributed by atoms with Crippen molar-refractivity contribution in [3.63, 3.8) is 0 Å². The molecule has 0 N–H and O–H groups in total. The fourth-order valence-corrected chi connectivity index (χ4v) is 2.41. The van der Waals surface area contributed by atoms with Crippen LogP contribution in [0.25, 0.3) is 11.1 Å². The van der Waals surface area contributed by atoms with Gasteiger partial charge in [-0.15, -0.1) is 0 Å². The van der Waals surface area contributed by atoms with E-state index >= 15 is 0 Å². The second-order valence-electron chi connectivity index (χ2n) is 5.06. The topological polar surface area (TPSA) is 105 Å². The molecule has 2 aromatic carbocycles. The lowest BCUT2D eigenvalue weighted by molar-refractivity contribution is -0.384. The number of rotatable bonds is 4. The Hall–Kier alpha value is -3.42. The van der Waals surface area contributed by atoms with Crippen molar-refractivity contribution in [3.8, 4) is 0 Å². The molecule has 0 unspecified atom stereocenters.